The molecule has 142 valence electrons. The highest BCUT2D eigenvalue weighted by Gasteiger charge is 2.34. The predicted molar refractivity (Wildman–Crippen MR) is 105 cm³/mol. The number of nitrogens with two attached hydrogens (primary N) is 1. The minimum absolute atomic E-state index is 0. The standard InChI is InChI=1S/C20H21N3O3.ClH/c21-13-14-7-9-15(10-8-14)18(24)22-11-3-4-12-23-19(25)16-5-1-2-6-17(16)20(23)26;/h1-2,5-10H,3-4,11-13,21H2,(H,22,24);1H. The summed E-state index contributed by atoms with van der Waals surface area (Å²) in [5.74, 6) is -0.626. The van der Waals surface area contributed by atoms with Gasteiger partial charge in [0.25, 0.3) is 17.7 Å². The van der Waals surface area contributed by atoms with E-state index in [0.29, 0.717) is 49.2 Å². The normalized spacial score (nSPS) is 12.6. The Morgan fingerprint density at radius 2 is 1.52 bits per heavy atom. The summed E-state index contributed by atoms with van der Waals surface area (Å²) in [6, 6.07) is 14.0. The van der Waals surface area contributed by atoms with Crippen LogP contribution < -0.4 is 11.1 Å². The van der Waals surface area contributed by atoms with Gasteiger partial charge in [0.15, 0.2) is 0 Å². The maximum atomic E-state index is 12.2. The van der Waals surface area contributed by atoms with Crippen molar-refractivity contribution in [2.75, 3.05) is 13.1 Å². The van der Waals surface area contributed by atoms with Crippen LogP contribution in [0.2, 0.25) is 0 Å². The highest BCUT2D eigenvalue weighted by molar-refractivity contribution is 6.21. The second kappa shape index (κ2) is 9.30. The van der Waals surface area contributed by atoms with Crippen molar-refractivity contribution in [3.63, 3.8) is 0 Å². The smallest absolute Gasteiger partial charge is 0.261 e. The van der Waals surface area contributed by atoms with Gasteiger partial charge >= 0.3 is 0 Å². The third-order valence-electron chi connectivity index (χ3n) is 4.42. The molecular formula is C20H22ClN3O3. The van der Waals surface area contributed by atoms with Gasteiger partial charge in [-0.1, -0.05) is 24.3 Å². The Morgan fingerprint density at radius 1 is 0.926 bits per heavy atom. The molecule has 0 radical (unpaired) electrons. The molecule has 3 amide bonds. The van der Waals surface area contributed by atoms with Crippen molar-refractivity contribution >= 4 is 30.1 Å². The summed E-state index contributed by atoms with van der Waals surface area (Å²) in [7, 11) is 0. The SMILES string of the molecule is Cl.NCc1ccc(C(=O)NCCCCN2C(=O)c3ccccc3C2=O)cc1. The first-order chi connectivity index (χ1) is 12.6. The van der Waals surface area contributed by atoms with E-state index < -0.39 is 0 Å². The van der Waals surface area contributed by atoms with Crippen LogP contribution in [-0.4, -0.2) is 35.7 Å². The largest absolute Gasteiger partial charge is 0.352 e. The van der Waals surface area contributed by atoms with Crippen LogP contribution in [-0.2, 0) is 6.54 Å². The maximum Gasteiger partial charge on any atom is 0.261 e. The number of carbonyl (C=O) groups is 3. The Bertz CT molecular complexity index is 802. The van der Waals surface area contributed by atoms with Crippen molar-refractivity contribution in [3.05, 3.63) is 70.8 Å². The number of carbonyl (C=O) groups excluding carboxylic acids is 3. The predicted octanol–water partition coefficient (Wildman–Crippen LogP) is 2.37. The molecular weight excluding hydrogens is 366 g/mol. The monoisotopic (exact) mass is 387 g/mol. The number of hydrogen-bond acceptors (Lipinski definition) is 4. The average Bonchev–Trinajstić information content (AvgIpc) is 2.92. The second-order valence-corrected chi connectivity index (χ2v) is 6.17. The molecule has 0 spiro atoms. The number of fused-ring (bicyclic) bond motifs is 1. The Labute approximate surface area is 164 Å². The van der Waals surface area contributed by atoms with Gasteiger partial charge in [0.1, 0.15) is 0 Å². The lowest BCUT2D eigenvalue weighted by Crippen LogP contribution is -2.31. The third kappa shape index (κ3) is 4.53. The van der Waals surface area contributed by atoms with Crippen molar-refractivity contribution in [1.29, 1.82) is 0 Å². The minimum Gasteiger partial charge on any atom is -0.352 e. The van der Waals surface area contributed by atoms with Crippen LogP contribution in [0.15, 0.2) is 48.5 Å². The van der Waals surface area contributed by atoms with E-state index in [9.17, 15) is 14.4 Å². The molecule has 3 N–H and O–H groups in total. The Hall–Kier alpha value is -2.70. The summed E-state index contributed by atoms with van der Waals surface area (Å²) >= 11 is 0. The molecule has 0 aromatic heterocycles. The molecule has 27 heavy (non-hydrogen) atoms. The molecule has 0 fully saturated rings. The van der Waals surface area contributed by atoms with Crippen LogP contribution in [0.3, 0.4) is 0 Å². The van der Waals surface area contributed by atoms with Gasteiger partial charge in [-0.25, -0.2) is 0 Å². The van der Waals surface area contributed by atoms with Crippen molar-refractivity contribution in [3.8, 4) is 0 Å². The van der Waals surface area contributed by atoms with Gasteiger partial charge in [0.2, 0.25) is 0 Å². The average molecular weight is 388 g/mol. The van der Waals surface area contributed by atoms with Crippen LogP contribution in [0, 0.1) is 0 Å². The molecule has 1 aliphatic heterocycles. The number of nitrogens with one attached hydrogen (secondary N) is 1. The summed E-state index contributed by atoms with van der Waals surface area (Å²) < 4.78 is 0. The number of nitrogens with zero attached hydrogens (tertiary/aromatic N) is 1. The lowest BCUT2D eigenvalue weighted by molar-refractivity contribution is 0.0650. The number of halogens is 1. The zero-order valence-electron chi connectivity index (χ0n) is 14.8. The van der Waals surface area contributed by atoms with E-state index in [0.717, 1.165) is 5.56 Å². The summed E-state index contributed by atoms with van der Waals surface area (Å²) in [5.41, 5.74) is 8.03. The molecule has 1 aliphatic rings. The molecule has 0 atom stereocenters. The van der Waals surface area contributed by atoms with Gasteiger partial charge in [-0.3, -0.25) is 19.3 Å². The van der Waals surface area contributed by atoms with E-state index in [4.69, 9.17) is 5.73 Å². The molecule has 2 aromatic carbocycles. The lowest BCUT2D eigenvalue weighted by Gasteiger charge is -2.13. The van der Waals surface area contributed by atoms with Gasteiger partial charge in [0.05, 0.1) is 11.1 Å². The molecule has 0 saturated heterocycles. The van der Waals surface area contributed by atoms with Crippen LogP contribution >= 0.6 is 12.4 Å². The molecule has 6 nitrogen and oxygen atoms in total. The first-order valence-corrected chi connectivity index (χ1v) is 8.64. The zero-order valence-corrected chi connectivity index (χ0v) is 15.6. The Morgan fingerprint density at radius 3 is 2.07 bits per heavy atom. The number of rotatable bonds is 7. The van der Waals surface area contributed by atoms with Crippen LogP contribution in [0.5, 0.6) is 0 Å². The summed E-state index contributed by atoms with van der Waals surface area (Å²) in [4.78, 5) is 37.8. The van der Waals surface area contributed by atoms with Crippen LogP contribution in [0.4, 0.5) is 0 Å². The van der Waals surface area contributed by atoms with Crippen LogP contribution in [0.1, 0.15) is 49.5 Å². The highest BCUT2D eigenvalue weighted by Crippen LogP contribution is 2.22. The highest BCUT2D eigenvalue weighted by atomic mass is 35.5. The first kappa shape index (κ1) is 20.6. The first-order valence-electron chi connectivity index (χ1n) is 8.64. The summed E-state index contributed by atoms with van der Waals surface area (Å²) in [6.45, 7) is 1.29. The lowest BCUT2D eigenvalue weighted by atomic mass is 10.1. The van der Waals surface area contributed by atoms with Gasteiger partial charge < -0.3 is 11.1 Å². The fraction of sp³-hybridized carbons (Fsp3) is 0.250. The molecule has 1 heterocycles. The van der Waals surface area contributed by atoms with Gasteiger partial charge in [-0.15, -0.1) is 12.4 Å². The fourth-order valence-electron chi connectivity index (χ4n) is 2.93. The number of benzene rings is 2. The van der Waals surface area contributed by atoms with Crippen molar-refractivity contribution in [2.24, 2.45) is 5.73 Å². The van der Waals surface area contributed by atoms with Gasteiger partial charge in [-0.2, -0.15) is 0 Å². The number of amides is 3. The second-order valence-electron chi connectivity index (χ2n) is 6.17. The van der Waals surface area contributed by atoms with E-state index >= 15 is 0 Å². The third-order valence-corrected chi connectivity index (χ3v) is 4.42. The van der Waals surface area contributed by atoms with Crippen molar-refractivity contribution in [2.45, 2.75) is 19.4 Å². The number of imide groups is 1. The van der Waals surface area contributed by atoms with Gasteiger partial charge in [0, 0.05) is 25.2 Å². The van der Waals surface area contributed by atoms with Gasteiger partial charge in [-0.05, 0) is 42.7 Å². The molecule has 2 aromatic rings. The molecule has 0 unspecified atom stereocenters. The molecule has 3 rings (SSSR count). The van der Waals surface area contributed by atoms with Crippen molar-refractivity contribution < 1.29 is 14.4 Å². The Balaban J connectivity index is 0.00000261. The molecule has 0 aliphatic carbocycles. The van der Waals surface area contributed by atoms with E-state index in [-0.39, 0.29) is 30.1 Å². The number of unbranched alkanes of at least 4 members (excludes halogenated alkanes) is 1. The topological polar surface area (TPSA) is 92.5 Å². The van der Waals surface area contributed by atoms with E-state index in [1.165, 1.54) is 4.90 Å². The van der Waals surface area contributed by atoms with Crippen LogP contribution in [0.25, 0.3) is 0 Å². The maximum absolute atomic E-state index is 12.2. The molecule has 7 heteroatoms. The number of hydrogen-bond donors (Lipinski definition) is 2. The quantitative estimate of drug-likeness (QED) is 0.563. The van der Waals surface area contributed by atoms with Crippen molar-refractivity contribution in [1.82, 2.24) is 10.2 Å². The van der Waals surface area contributed by atoms with E-state index in [1.807, 2.05) is 12.1 Å². The van der Waals surface area contributed by atoms with E-state index in [2.05, 4.69) is 5.32 Å². The zero-order chi connectivity index (χ0) is 18.5. The molecule has 0 saturated carbocycles. The summed E-state index contributed by atoms with van der Waals surface area (Å²) in [6.07, 6.45) is 1.32. The Kier molecular flexibility index (Phi) is 7.10. The minimum atomic E-state index is -0.241. The fourth-order valence-corrected chi connectivity index (χ4v) is 2.93. The molecule has 0 bridgehead atoms. The van der Waals surface area contributed by atoms with E-state index in [1.54, 1.807) is 36.4 Å². The summed E-state index contributed by atoms with van der Waals surface area (Å²) in [5, 5.41) is 2.84.